The van der Waals surface area contributed by atoms with E-state index in [-0.39, 0.29) is 0 Å². The van der Waals surface area contributed by atoms with Crippen molar-refractivity contribution in [3.8, 4) is 0 Å². The highest BCUT2D eigenvalue weighted by Gasteiger charge is 2.40. The summed E-state index contributed by atoms with van der Waals surface area (Å²) in [7, 11) is 0. The van der Waals surface area contributed by atoms with Crippen molar-refractivity contribution in [1.82, 2.24) is 19.6 Å². The van der Waals surface area contributed by atoms with Gasteiger partial charge in [-0.3, -0.25) is 24.0 Å². The Morgan fingerprint density at radius 1 is 0.950 bits per heavy atom. The molecule has 0 radical (unpaired) electrons. The van der Waals surface area contributed by atoms with Gasteiger partial charge in [-0.25, -0.2) is 4.79 Å². The van der Waals surface area contributed by atoms with E-state index in [0.717, 1.165) is 26.2 Å². The van der Waals surface area contributed by atoms with Gasteiger partial charge in [0.1, 0.15) is 0 Å². The molecule has 4 rings (SSSR count). The molecule has 0 bridgehead atoms. The number of aliphatic hydroxyl groups is 1. The van der Waals surface area contributed by atoms with Gasteiger partial charge < -0.3 is 25.3 Å². The topological polar surface area (TPSA) is 173 Å². The van der Waals surface area contributed by atoms with Crippen molar-refractivity contribution in [3.05, 3.63) is 53.3 Å². The zero-order valence-electron chi connectivity index (χ0n) is 22.7. The van der Waals surface area contributed by atoms with Gasteiger partial charge in [-0.2, -0.15) is 5.10 Å². The molecule has 2 aliphatic rings. The first-order valence-electron chi connectivity index (χ1n) is 13.4. The Balaban J connectivity index is 0.000000289. The molecule has 2 fully saturated rings. The molecule has 1 saturated heterocycles. The van der Waals surface area contributed by atoms with Crippen LogP contribution in [0.4, 0.5) is 0 Å². The van der Waals surface area contributed by atoms with Gasteiger partial charge in [0, 0.05) is 36.9 Å². The smallest absolute Gasteiger partial charge is 0.336 e. The molecule has 0 atom stereocenters. The summed E-state index contributed by atoms with van der Waals surface area (Å²) in [6.07, 6.45) is 5.94. The third-order valence-electron chi connectivity index (χ3n) is 7.41. The van der Waals surface area contributed by atoms with E-state index in [4.69, 9.17) is 20.4 Å². The number of carboxylic acids is 3. The average molecular weight is 559 g/mol. The Morgan fingerprint density at radius 3 is 2.12 bits per heavy atom. The molecule has 1 aliphatic heterocycles. The van der Waals surface area contributed by atoms with E-state index in [1.54, 1.807) is 0 Å². The molecule has 4 N–H and O–H groups in total. The Morgan fingerprint density at radius 2 is 1.57 bits per heavy atom. The van der Waals surface area contributed by atoms with Crippen LogP contribution in [0.25, 0.3) is 0 Å². The van der Waals surface area contributed by atoms with E-state index in [1.165, 1.54) is 48.9 Å². The summed E-state index contributed by atoms with van der Waals surface area (Å²) in [6, 6.07) is 10.9. The van der Waals surface area contributed by atoms with Crippen LogP contribution >= 0.6 is 0 Å². The van der Waals surface area contributed by atoms with Crippen LogP contribution in [0.15, 0.2) is 36.5 Å². The number of hydrogen-bond acceptors (Lipinski definition) is 7. The maximum absolute atomic E-state index is 12.7. The van der Waals surface area contributed by atoms with Crippen molar-refractivity contribution in [3.63, 3.8) is 0 Å². The molecule has 1 aliphatic carbocycles. The molecule has 1 aromatic heterocycles. The van der Waals surface area contributed by atoms with Crippen LogP contribution in [0.1, 0.15) is 61.8 Å². The molecule has 0 spiro atoms. The number of benzene rings is 1. The first-order valence-corrected chi connectivity index (χ1v) is 13.4. The van der Waals surface area contributed by atoms with E-state index in [2.05, 4.69) is 50.8 Å². The number of piperazine rings is 1. The van der Waals surface area contributed by atoms with E-state index in [9.17, 15) is 19.2 Å². The standard InChI is InChI=1S/C22H30N4O.C6H8O7/c1-18-20(14-23-26(18)15-19-8-4-2-5-9-19)16-24-12-13-25(22(27)17-24)21-10-6-3-7-11-21;7-3(8)1-6(13,5(11)12)2-4(9)10/h2,4-5,8-9,14,21H,3,6-7,10-13,15-17H2,1H3;13H,1-2H2,(H,7,8)(H,9,10)(H,11,12). The second-order valence-corrected chi connectivity index (χ2v) is 10.5. The minimum Gasteiger partial charge on any atom is -0.481 e. The highest BCUT2D eigenvalue weighted by atomic mass is 16.4. The number of nitrogens with zero attached hydrogens (tertiary/aromatic N) is 4. The maximum atomic E-state index is 12.7. The fourth-order valence-electron chi connectivity index (χ4n) is 5.16. The quantitative estimate of drug-likeness (QED) is 0.338. The van der Waals surface area contributed by atoms with E-state index >= 15 is 0 Å². The lowest BCUT2D eigenvalue weighted by atomic mass is 9.93. The Labute approximate surface area is 232 Å². The van der Waals surface area contributed by atoms with Crippen LogP contribution < -0.4 is 0 Å². The Hall–Kier alpha value is -3.77. The van der Waals surface area contributed by atoms with Crippen molar-refractivity contribution in [2.75, 3.05) is 19.6 Å². The van der Waals surface area contributed by atoms with Gasteiger partial charge in [0.25, 0.3) is 0 Å². The first-order chi connectivity index (χ1) is 19.0. The van der Waals surface area contributed by atoms with Crippen molar-refractivity contribution in [1.29, 1.82) is 0 Å². The number of aromatic nitrogens is 2. The number of carboxylic acid groups (broad SMARTS) is 3. The Bertz CT molecular complexity index is 1160. The van der Waals surface area contributed by atoms with E-state index in [0.29, 0.717) is 18.5 Å². The molecule has 1 aromatic carbocycles. The molecule has 40 heavy (non-hydrogen) atoms. The molecule has 12 nitrogen and oxygen atoms in total. The summed E-state index contributed by atoms with van der Waals surface area (Å²) < 4.78 is 2.06. The molecular formula is C28H38N4O8. The van der Waals surface area contributed by atoms with Gasteiger partial charge >= 0.3 is 17.9 Å². The fourth-order valence-corrected chi connectivity index (χ4v) is 5.16. The summed E-state index contributed by atoms with van der Waals surface area (Å²) in [5, 5.41) is 38.4. The van der Waals surface area contributed by atoms with Gasteiger partial charge in [0.2, 0.25) is 5.91 Å². The van der Waals surface area contributed by atoms with Crippen molar-refractivity contribution < 1.29 is 39.6 Å². The summed E-state index contributed by atoms with van der Waals surface area (Å²) in [4.78, 5) is 47.6. The molecular weight excluding hydrogens is 520 g/mol. The lowest BCUT2D eigenvalue weighted by Gasteiger charge is -2.40. The molecule has 2 heterocycles. The normalized spacial score (nSPS) is 16.8. The number of carbonyl (C=O) groups excluding carboxylic acids is 1. The molecule has 2 aromatic rings. The minimum absolute atomic E-state index is 0.308. The van der Waals surface area contributed by atoms with Gasteiger partial charge in [0.15, 0.2) is 5.60 Å². The molecule has 12 heteroatoms. The summed E-state index contributed by atoms with van der Waals surface area (Å²) in [6.45, 7) is 6.11. The highest BCUT2D eigenvalue weighted by Crippen LogP contribution is 2.24. The minimum atomic E-state index is -2.74. The van der Waals surface area contributed by atoms with Gasteiger partial charge in [-0.05, 0) is 25.3 Å². The monoisotopic (exact) mass is 558 g/mol. The van der Waals surface area contributed by atoms with E-state index in [1.807, 2.05) is 12.3 Å². The predicted molar refractivity (Wildman–Crippen MR) is 143 cm³/mol. The number of amides is 1. The second-order valence-electron chi connectivity index (χ2n) is 10.5. The zero-order chi connectivity index (χ0) is 29.3. The van der Waals surface area contributed by atoms with Crippen LogP contribution in [0.3, 0.4) is 0 Å². The lowest BCUT2D eigenvalue weighted by molar-refractivity contribution is -0.170. The average Bonchev–Trinajstić information content (AvgIpc) is 3.23. The van der Waals surface area contributed by atoms with Crippen molar-refractivity contribution >= 4 is 23.8 Å². The molecule has 218 valence electrons. The largest absolute Gasteiger partial charge is 0.481 e. The van der Waals surface area contributed by atoms with Crippen LogP contribution in [-0.4, -0.2) is 95.1 Å². The maximum Gasteiger partial charge on any atom is 0.336 e. The predicted octanol–water partition coefficient (Wildman–Crippen LogP) is 1.97. The van der Waals surface area contributed by atoms with Gasteiger partial charge in [-0.1, -0.05) is 49.6 Å². The van der Waals surface area contributed by atoms with Crippen LogP contribution in [0.2, 0.25) is 0 Å². The third-order valence-corrected chi connectivity index (χ3v) is 7.41. The summed E-state index contributed by atoms with van der Waals surface area (Å²) in [5.41, 5.74) is 0.940. The lowest BCUT2D eigenvalue weighted by Crippen LogP contribution is -2.54. The van der Waals surface area contributed by atoms with Gasteiger partial charge in [0.05, 0.1) is 32.1 Å². The number of aliphatic carboxylic acids is 3. The van der Waals surface area contributed by atoms with Crippen LogP contribution in [-0.2, 0) is 32.3 Å². The Kier molecular flexibility index (Phi) is 10.8. The van der Waals surface area contributed by atoms with Gasteiger partial charge in [-0.15, -0.1) is 0 Å². The number of rotatable bonds is 10. The first kappa shape index (κ1) is 30.8. The van der Waals surface area contributed by atoms with Crippen molar-refractivity contribution in [2.45, 2.75) is 76.6 Å². The number of hydrogen-bond donors (Lipinski definition) is 4. The number of carbonyl (C=O) groups is 4. The fraction of sp³-hybridized carbons (Fsp3) is 0.536. The molecule has 1 saturated carbocycles. The molecule has 0 unspecified atom stereocenters. The third kappa shape index (κ3) is 8.62. The second kappa shape index (κ2) is 14.0. The van der Waals surface area contributed by atoms with Crippen LogP contribution in [0.5, 0.6) is 0 Å². The summed E-state index contributed by atoms with van der Waals surface area (Å²) in [5.74, 6) is -4.71. The SMILES string of the molecule is Cc1c(CN2CCN(C3CCCCC3)C(=O)C2)cnn1Cc1ccccc1.O=C(O)CC(O)(CC(=O)O)C(=O)O. The highest BCUT2D eigenvalue weighted by molar-refractivity contribution is 5.88. The van der Waals surface area contributed by atoms with Crippen molar-refractivity contribution in [2.24, 2.45) is 0 Å². The van der Waals surface area contributed by atoms with E-state index < -0.39 is 36.4 Å². The molecule has 1 amide bonds. The van der Waals surface area contributed by atoms with Crippen LogP contribution in [0, 0.1) is 6.92 Å². The zero-order valence-corrected chi connectivity index (χ0v) is 22.7. The summed E-state index contributed by atoms with van der Waals surface area (Å²) >= 11 is 0.